The molecule has 1 nitrogen and oxygen atoms in total. The van der Waals surface area contributed by atoms with Gasteiger partial charge in [-0.25, -0.2) is 0 Å². The van der Waals surface area contributed by atoms with Crippen molar-refractivity contribution in [3.8, 4) is 0 Å². The molecule has 0 radical (unpaired) electrons. The third kappa shape index (κ3) is 1.69. The summed E-state index contributed by atoms with van der Waals surface area (Å²) in [5.41, 5.74) is 3.35. The van der Waals surface area contributed by atoms with Crippen molar-refractivity contribution in [2.24, 2.45) is 0 Å². The van der Waals surface area contributed by atoms with Gasteiger partial charge in [0.1, 0.15) is 11.2 Å². The molecule has 0 amide bonds. The molecule has 23 heavy (non-hydrogen) atoms. The van der Waals surface area contributed by atoms with E-state index in [2.05, 4.69) is 67.5 Å². The van der Waals surface area contributed by atoms with E-state index in [0.717, 1.165) is 18.4 Å². The maximum absolute atomic E-state index is 6.32. The van der Waals surface area contributed by atoms with E-state index in [4.69, 9.17) is 4.42 Å². The summed E-state index contributed by atoms with van der Waals surface area (Å²) in [4.78, 5) is 0. The summed E-state index contributed by atoms with van der Waals surface area (Å²) in [5.74, 6) is 0. The Hall–Kier alpha value is -2.74. The van der Waals surface area contributed by atoms with Gasteiger partial charge in [0.15, 0.2) is 7.28 Å². The molecule has 0 bridgehead atoms. The summed E-state index contributed by atoms with van der Waals surface area (Å²) in [7, 11) is 1.00. The third-order valence-electron chi connectivity index (χ3n) is 4.82. The van der Waals surface area contributed by atoms with E-state index in [0.29, 0.717) is 0 Å². The van der Waals surface area contributed by atoms with E-state index in [-0.39, 0.29) is 0 Å². The first-order valence-electron chi connectivity index (χ1n) is 8.11. The van der Waals surface area contributed by atoms with Gasteiger partial charge in [0, 0.05) is 16.2 Å². The molecule has 0 aliphatic rings. The van der Waals surface area contributed by atoms with Crippen molar-refractivity contribution < 1.29 is 4.42 Å². The Bertz CT molecular complexity index is 1200. The van der Waals surface area contributed by atoms with Crippen molar-refractivity contribution in [2.45, 2.75) is 6.82 Å². The number of para-hydroxylation sites is 1. The van der Waals surface area contributed by atoms with Crippen molar-refractivity contribution in [1.29, 1.82) is 0 Å². The van der Waals surface area contributed by atoms with Crippen molar-refractivity contribution in [2.75, 3.05) is 0 Å². The van der Waals surface area contributed by atoms with Crippen molar-refractivity contribution in [1.82, 2.24) is 0 Å². The highest BCUT2D eigenvalue weighted by Crippen LogP contribution is 2.36. The second kappa shape index (κ2) is 4.63. The third-order valence-corrected chi connectivity index (χ3v) is 4.82. The molecule has 1 aromatic heterocycles. The number of hydrogen-bond acceptors (Lipinski definition) is 1. The summed E-state index contributed by atoms with van der Waals surface area (Å²) in [6, 6.07) is 23.6. The number of benzene rings is 4. The molecule has 0 aliphatic heterocycles. The van der Waals surface area contributed by atoms with E-state index in [1.165, 1.54) is 37.8 Å². The van der Waals surface area contributed by atoms with Gasteiger partial charge in [0.2, 0.25) is 0 Å². The lowest BCUT2D eigenvalue weighted by Crippen LogP contribution is -2.11. The van der Waals surface area contributed by atoms with Gasteiger partial charge < -0.3 is 4.42 Å². The average Bonchev–Trinajstić information content (AvgIpc) is 3.00. The van der Waals surface area contributed by atoms with Crippen LogP contribution in [0, 0.1) is 0 Å². The molecule has 2 heteroatoms. The molecule has 0 atom stereocenters. The molecule has 0 unspecified atom stereocenters. The van der Waals surface area contributed by atoms with Crippen LogP contribution < -0.4 is 5.46 Å². The smallest absolute Gasteiger partial charge is 0.155 e. The van der Waals surface area contributed by atoms with Crippen molar-refractivity contribution in [3.63, 3.8) is 0 Å². The minimum Gasteiger partial charge on any atom is -0.455 e. The van der Waals surface area contributed by atoms with Gasteiger partial charge in [0.25, 0.3) is 0 Å². The highest BCUT2D eigenvalue weighted by Gasteiger charge is 2.15. The zero-order valence-corrected chi connectivity index (χ0v) is 13.0. The highest BCUT2D eigenvalue weighted by molar-refractivity contribution is 6.58. The fraction of sp³-hybridized carbons (Fsp3) is 0.0476. The van der Waals surface area contributed by atoms with Gasteiger partial charge >= 0.3 is 0 Å². The van der Waals surface area contributed by atoms with Crippen LogP contribution in [0.15, 0.2) is 71.1 Å². The van der Waals surface area contributed by atoms with Crippen LogP contribution in [0.2, 0.25) is 6.82 Å². The molecule has 5 aromatic rings. The summed E-state index contributed by atoms with van der Waals surface area (Å²) in [6.45, 7) is 2.21. The number of fused-ring (bicyclic) bond motifs is 7. The molecule has 0 spiro atoms. The average molecular weight is 294 g/mol. The molecule has 0 aliphatic carbocycles. The summed E-state index contributed by atoms with van der Waals surface area (Å²) in [6.07, 6.45) is 0. The first kappa shape index (κ1) is 12.8. The molecule has 5 rings (SSSR count). The quantitative estimate of drug-likeness (QED) is 0.313. The van der Waals surface area contributed by atoms with Crippen molar-refractivity contribution in [3.05, 3.63) is 66.7 Å². The van der Waals surface area contributed by atoms with Crippen LogP contribution >= 0.6 is 0 Å². The standard InChI is InChI=1S/C21H15BO/c1-22-17-12-14-11-10-13-6-2-3-7-15(13)19(14)21-20(17)16-8-4-5-9-18(16)23-21/h2-12,22H,1H3. The Kier molecular flexibility index (Phi) is 2.57. The predicted octanol–water partition coefficient (Wildman–Crippen LogP) is 5.00. The lowest BCUT2D eigenvalue weighted by atomic mass is 9.70. The SMILES string of the molecule is CBc1cc2ccc3ccccc3c2c2oc3ccccc3c12. The fourth-order valence-electron chi connectivity index (χ4n) is 3.74. The summed E-state index contributed by atoms with van der Waals surface area (Å²) in [5, 5.41) is 7.49. The first-order chi connectivity index (χ1) is 11.4. The lowest BCUT2D eigenvalue weighted by molar-refractivity contribution is 0.673. The largest absolute Gasteiger partial charge is 0.455 e. The molecular formula is C21H15BO. The van der Waals surface area contributed by atoms with Gasteiger partial charge in [-0.05, 0) is 22.2 Å². The second-order valence-electron chi connectivity index (χ2n) is 6.08. The minimum absolute atomic E-state index is 0.970. The van der Waals surface area contributed by atoms with Crippen molar-refractivity contribution >= 4 is 56.2 Å². The Morgan fingerprint density at radius 1 is 0.739 bits per heavy atom. The van der Waals surface area contributed by atoms with Gasteiger partial charge in [0.05, 0.1) is 0 Å². The molecule has 0 fully saturated rings. The van der Waals surface area contributed by atoms with Crippen LogP contribution in [-0.2, 0) is 0 Å². The molecular weight excluding hydrogens is 279 g/mol. The number of furan rings is 1. The minimum atomic E-state index is 0.970. The maximum atomic E-state index is 6.32. The molecule has 0 N–H and O–H groups in total. The van der Waals surface area contributed by atoms with Gasteiger partial charge in [-0.3, -0.25) is 0 Å². The van der Waals surface area contributed by atoms with Crippen LogP contribution in [0.1, 0.15) is 0 Å². The first-order valence-corrected chi connectivity index (χ1v) is 8.11. The predicted molar refractivity (Wildman–Crippen MR) is 101 cm³/mol. The van der Waals surface area contributed by atoms with Gasteiger partial charge in [-0.15, -0.1) is 0 Å². The Balaban J connectivity index is 2.15. The van der Waals surface area contributed by atoms with Crippen LogP contribution in [0.5, 0.6) is 0 Å². The summed E-state index contributed by atoms with van der Waals surface area (Å²) < 4.78 is 6.32. The zero-order valence-electron chi connectivity index (χ0n) is 13.0. The van der Waals surface area contributed by atoms with E-state index in [1.54, 1.807) is 0 Å². The Morgan fingerprint density at radius 3 is 2.35 bits per heavy atom. The molecule has 0 saturated heterocycles. The van der Waals surface area contributed by atoms with E-state index in [1.807, 2.05) is 6.07 Å². The fourth-order valence-corrected chi connectivity index (χ4v) is 3.74. The van der Waals surface area contributed by atoms with Gasteiger partial charge in [-0.2, -0.15) is 0 Å². The number of hydrogen-bond donors (Lipinski definition) is 0. The van der Waals surface area contributed by atoms with Crippen LogP contribution in [0.3, 0.4) is 0 Å². The molecule has 0 saturated carbocycles. The van der Waals surface area contributed by atoms with Crippen LogP contribution in [0.4, 0.5) is 0 Å². The lowest BCUT2D eigenvalue weighted by Gasteiger charge is -2.08. The molecule has 108 valence electrons. The summed E-state index contributed by atoms with van der Waals surface area (Å²) >= 11 is 0. The Morgan fingerprint density at radius 2 is 1.48 bits per heavy atom. The van der Waals surface area contributed by atoms with E-state index >= 15 is 0 Å². The monoisotopic (exact) mass is 294 g/mol. The topological polar surface area (TPSA) is 13.1 Å². The normalized spacial score (nSPS) is 11.7. The molecule has 1 heterocycles. The van der Waals surface area contributed by atoms with Gasteiger partial charge in [-0.1, -0.05) is 72.9 Å². The van der Waals surface area contributed by atoms with E-state index in [9.17, 15) is 0 Å². The van der Waals surface area contributed by atoms with Crippen LogP contribution in [-0.4, -0.2) is 7.28 Å². The zero-order chi connectivity index (χ0) is 15.4. The second-order valence-corrected chi connectivity index (χ2v) is 6.08. The maximum Gasteiger partial charge on any atom is 0.155 e. The Labute approximate surface area is 134 Å². The molecule has 4 aromatic carbocycles. The van der Waals surface area contributed by atoms with Crippen LogP contribution in [0.25, 0.3) is 43.5 Å². The number of rotatable bonds is 1. The van der Waals surface area contributed by atoms with E-state index < -0.39 is 0 Å². The highest BCUT2D eigenvalue weighted by atomic mass is 16.3.